The third-order valence-corrected chi connectivity index (χ3v) is 5.23. The van der Waals surface area contributed by atoms with Crippen molar-refractivity contribution in [3.05, 3.63) is 59.9 Å². The van der Waals surface area contributed by atoms with E-state index in [-0.39, 0.29) is 18.2 Å². The molecular weight excluding hydrogens is 373 g/mol. The fourth-order valence-electron chi connectivity index (χ4n) is 3.26. The summed E-state index contributed by atoms with van der Waals surface area (Å²) in [5.41, 5.74) is 1.23. The van der Waals surface area contributed by atoms with E-state index in [0.29, 0.717) is 12.5 Å². The predicted octanol–water partition coefficient (Wildman–Crippen LogP) is 5.15. The van der Waals surface area contributed by atoms with Crippen LogP contribution in [0.15, 0.2) is 53.4 Å². The predicted molar refractivity (Wildman–Crippen MR) is 107 cm³/mol. The van der Waals surface area contributed by atoms with E-state index < -0.39 is 0 Å². The highest BCUT2D eigenvalue weighted by molar-refractivity contribution is 7.93. The van der Waals surface area contributed by atoms with Crippen molar-refractivity contribution in [1.82, 2.24) is 4.90 Å². The lowest BCUT2D eigenvalue weighted by atomic mass is 9.90. The summed E-state index contributed by atoms with van der Waals surface area (Å²) in [6, 6.07) is 14.4. The first-order valence-electron chi connectivity index (χ1n) is 8.74. The van der Waals surface area contributed by atoms with E-state index in [2.05, 4.69) is 4.90 Å². The van der Waals surface area contributed by atoms with E-state index >= 15 is 0 Å². The van der Waals surface area contributed by atoms with Crippen LogP contribution in [0.4, 0.5) is 4.39 Å². The van der Waals surface area contributed by atoms with E-state index in [1.807, 2.05) is 36.4 Å². The number of rotatable bonds is 7. The first-order valence-corrected chi connectivity index (χ1v) is 9.51. The maximum Gasteiger partial charge on any atom is 0.123 e. The zero-order chi connectivity index (χ0) is 17.5. The molecule has 0 amide bonds. The van der Waals surface area contributed by atoms with Crippen LogP contribution < -0.4 is 4.74 Å². The zero-order valence-electron chi connectivity index (χ0n) is 14.6. The minimum atomic E-state index is -0.164. The molecule has 1 aliphatic heterocycles. The lowest BCUT2D eigenvalue weighted by Crippen LogP contribution is -2.37. The van der Waals surface area contributed by atoms with Crippen molar-refractivity contribution < 1.29 is 13.7 Å². The van der Waals surface area contributed by atoms with E-state index in [4.69, 9.17) is 9.29 Å². The number of piperidine rings is 1. The number of ether oxygens (including phenoxy) is 1. The topological polar surface area (TPSA) is 32.7 Å². The Balaban J connectivity index is 0.00000243. The molecule has 1 heterocycles. The smallest absolute Gasteiger partial charge is 0.123 e. The number of hydrogen-bond donors (Lipinski definition) is 1. The highest BCUT2D eigenvalue weighted by atomic mass is 35.5. The molecule has 26 heavy (non-hydrogen) atoms. The molecule has 3 nitrogen and oxygen atoms in total. The van der Waals surface area contributed by atoms with Crippen LogP contribution >= 0.6 is 24.4 Å². The molecule has 0 unspecified atom stereocenters. The number of benzene rings is 2. The van der Waals surface area contributed by atoms with Gasteiger partial charge < -0.3 is 9.29 Å². The summed E-state index contributed by atoms with van der Waals surface area (Å²) >= 11 is 0.743. The molecule has 1 aliphatic rings. The van der Waals surface area contributed by atoms with Crippen molar-refractivity contribution >= 4 is 24.4 Å². The maximum absolute atomic E-state index is 13.0. The maximum atomic E-state index is 13.0. The minimum absolute atomic E-state index is 0. The van der Waals surface area contributed by atoms with Gasteiger partial charge in [-0.2, -0.15) is 0 Å². The van der Waals surface area contributed by atoms with Crippen LogP contribution in [0.3, 0.4) is 0 Å². The van der Waals surface area contributed by atoms with Crippen LogP contribution in [0.25, 0.3) is 0 Å². The quantitative estimate of drug-likeness (QED) is 0.655. The van der Waals surface area contributed by atoms with Crippen LogP contribution in [-0.2, 0) is 6.42 Å². The molecule has 1 saturated heterocycles. The lowest BCUT2D eigenvalue weighted by Gasteiger charge is -2.31. The summed E-state index contributed by atoms with van der Waals surface area (Å²) in [5.74, 6) is 1.36. The summed E-state index contributed by atoms with van der Waals surface area (Å²) in [4.78, 5) is 3.26. The van der Waals surface area contributed by atoms with Crippen LogP contribution in [0.2, 0.25) is 0 Å². The highest BCUT2D eigenvalue weighted by Crippen LogP contribution is 2.22. The van der Waals surface area contributed by atoms with Gasteiger partial charge >= 0.3 is 0 Å². The van der Waals surface area contributed by atoms with E-state index in [0.717, 1.165) is 48.7 Å². The van der Waals surface area contributed by atoms with Gasteiger partial charge in [-0.3, -0.25) is 4.90 Å². The Morgan fingerprint density at radius 3 is 2.31 bits per heavy atom. The summed E-state index contributed by atoms with van der Waals surface area (Å²) < 4.78 is 27.7. The summed E-state index contributed by atoms with van der Waals surface area (Å²) in [7, 11) is 0. The second-order valence-corrected chi connectivity index (χ2v) is 7.18. The van der Waals surface area contributed by atoms with Crippen LogP contribution in [-0.4, -0.2) is 35.7 Å². The van der Waals surface area contributed by atoms with Gasteiger partial charge in [-0.15, -0.1) is 12.4 Å². The van der Waals surface area contributed by atoms with Crippen molar-refractivity contribution in [2.75, 3.05) is 26.2 Å². The average Bonchev–Trinajstić information content (AvgIpc) is 2.66. The molecule has 1 fully saturated rings. The van der Waals surface area contributed by atoms with E-state index in [1.54, 1.807) is 12.1 Å². The summed E-state index contributed by atoms with van der Waals surface area (Å²) in [6.45, 7) is 3.79. The first kappa shape index (κ1) is 21.0. The van der Waals surface area contributed by atoms with Gasteiger partial charge in [0.1, 0.15) is 18.2 Å². The lowest BCUT2D eigenvalue weighted by molar-refractivity contribution is 0.155. The van der Waals surface area contributed by atoms with Gasteiger partial charge in [0.2, 0.25) is 0 Å². The Hall–Kier alpha value is -1.27. The summed E-state index contributed by atoms with van der Waals surface area (Å²) in [5, 5.41) is 0. The molecule has 0 bridgehead atoms. The Morgan fingerprint density at radius 2 is 1.69 bits per heavy atom. The van der Waals surface area contributed by atoms with Crippen molar-refractivity contribution in [3.63, 3.8) is 0 Å². The zero-order valence-corrected chi connectivity index (χ0v) is 16.3. The molecule has 0 aromatic heterocycles. The Kier molecular flexibility index (Phi) is 8.72. The molecule has 0 aliphatic carbocycles. The summed E-state index contributed by atoms with van der Waals surface area (Å²) in [6.07, 6.45) is 3.40. The number of hydrogen-bond acceptors (Lipinski definition) is 4. The van der Waals surface area contributed by atoms with Gasteiger partial charge in [0.05, 0.1) is 0 Å². The number of nitrogens with zero attached hydrogens (tertiary/aromatic N) is 1. The molecule has 1 N–H and O–H groups in total. The minimum Gasteiger partial charge on any atom is -0.492 e. The fraction of sp³-hybridized carbons (Fsp3) is 0.400. The number of halogens is 2. The van der Waals surface area contributed by atoms with E-state index in [1.165, 1.54) is 18.4 Å². The SMILES string of the molecule is Cl.OSc1ccc(OCCN2CCC(Cc3ccc(F)cc3)CC2)cc1. The molecule has 142 valence electrons. The Morgan fingerprint density at radius 1 is 1.04 bits per heavy atom. The molecular formula is C20H25ClFNO2S. The molecule has 2 aromatic rings. The highest BCUT2D eigenvalue weighted by Gasteiger charge is 2.19. The van der Waals surface area contributed by atoms with Crippen LogP contribution in [0.1, 0.15) is 18.4 Å². The van der Waals surface area contributed by atoms with E-state index in [9.17, 15) is 4.39 Å². The third-order valence-electron chi connectivity index (χ3n) is 4.75. The first-order chi connectivity index (χ1) is 12.2. The fourth-order valence-corrected chi connectivity index (χ4v) is 3.52. The second-order valence-electron chi connectivity index (χ2n) is 6.53. The van der Waals surface area contributed by atoms with Crippen molar-refractivity contribution in [2.45, 2.75) is 24.2 Å². The number of likely N-dealkylation sites (tertiary alicyclic amines) is 1. The average molecular weight is 398 g/mol. The molecule has 2 aromatic carbocycles. The molecule has 0 spiro atoms. The van der Waals surface area contributed by atoms with Gasteiger partial charge in [-0.25, -0.2) is 4.39 Å². The van der Waals surface area contributed by atoms with Crippen molar-refractivity contribution in [1.29, 1.82) is 0 Å². The normalized spacial score (nSPS) is 15.5. The van der Waals surface area contributed by atoms with Crippen molar-refractivity contribution in [3.8, 4) is 5.75 Å². The molecule has 0 radical (unpaired) electrons. The molecule has 0 saturated carbocycles. The largest absolute Gasteiger partial charge is 0.492 e. The van der Waals surface area contributed by atoms with Crippen molar-refractivity contribution in [2.24, 2.45) is 5.92 Å². The monoisotopic (exact) mass is 397 g/mol. The Labute approximate surface area is 165 Å². The van der Waals surface area contributed by atoms with Gasteiger partial charge in [0, 0.05) is 23.5 Å². The second kappa shape index (κ2) is 10.8. The van der Waals surface area contributed by atoms with Gasteiger partial charge in [-0.1, -0.05) is 12.1 Å². The standard InChI is InChI=1S/C20H24FNO2S.ClH/c21-18-3-1-16(2-4-18)15-17-9-11-22(12-10-17)13-14-24-19-5-7-20(25-23)8-6-19;/h1-8,17,23H,9-15H2;1H. The molecule has 3 rings (SSSR count). The third kappa shape index (κ3) is 6.47. The molecule has 6 heteroatoms. The van der Waals surface area contributed by atoms with Gasteiger partial charge in [0.15, 0.2) is 0 Å². The molecule has 0 atom stereocenters. The Bertz CT molecular complexity index is 646. The van der Waals surface area contributed by atoms with Gasteiger partial charge in [-0.05, 0) is 80.2 Å². The van der Waals surface area contributed by atoms with Crippen LogP contribution in [0.5, 0.6) is 5.75 Å². The van der Waals surface area contributed by atoms with Gasteiger partial charge in [0.25, 0.3) is 0 Å². The van der Waals surface area contributed by atoms with Crippen LogP contribution in [0, 0.1) is 11.7 Å².